The summed E-state index contributed by atoms with van der Waals surface area (Å²) in [6, 6.07) is 30.2. The number of benzene rings is 4. The molecular weight excluding hydrogens is 540 g/mol. The highest BCUT2D eigenvalue weighted by molar-refractivity contribution is 7.92. The van der Waals surface area contributed by atoms with E-state index in [2.05, 4.69) is 15.8 Å². The fourth-order valence-electron chi connectivity index (χ4n) is 3.90. The molecule has 0 saturated heterocycles. The highest BCUT2D eigenvalue weighted by Gasteiger charge is 2.27. The number of nitrogens with zero attached hydrogens (tertiary/aromatic N) is 2. The number of ether oxygens (including phenoxy) is 1. The fraction of sp³-hybridized carbons (Fsp3) is 0.129. The molecule has 0 aromatic heterocycles. The lowest BCUT2D eigenvalue weighted by atomic mass is 10.1. The Morgan fingerprint density at radius 3 is 2.12 bits per heavy atom. The molecule has 0 saturated carbocycles. The lowest BCUT2D eigenvalue weighted by molar-refractivity contribution is -0.119. The van der Waals surface area contributed by atoms with Crippen LogP contribution in [-0.4, -0.2) is 39.1 Å². The summed E-state index contributed by atoms with van der Waals surface area (Å²) < 4.78 is 33.5. The van der Waals surface area contributed by atoms with E-state index >= 15 is 0 Å². The Hall–Kier alpha value is -4.96. The van der Waals surface area contributed by atoms with E-state index in [1.54, 1.807) is 97.9 Å². The van der Waals surface area contributed by atoms with Crippen LogP contribution in [0.15, 0.2) is 119 Å². The van der Waals surface area contributed by atoms with Gasteiger partial charge in [-0.15, -0.1) is 0 Å². The molecule has 9 nitrogen and oxygen atoms in total. The van der Waals surface area contributed by atoms with Gasteiger partial charge in [-0.2, -0.15) is 5.10 Å². The second kappa shape index (κ2) is 13.4. The third kappa shape index (κ3) is 7.58. The van der Waals surface area contributed by atoms with Crippen LogP contribution in [0.1, 0.15) is 29.8 Å². The molecule has 0 unspecified atom stereocenters. The summed E-state index contributed by atoms with van der Waals surface area (Å²) in [6.07, 6.45) is 0. The third-order valence-electron chi connectivity index (χ3n) is 5.98. The molecule has 2 amide bonds. The highest BCUT2D eigenvalue weighted by Crippen LogP contribution is 2.26. The minimum Gasteiger partial charge on any atom is -0.494 e. The van der Waals surface area contributed by atoms with Crippen molar-refractivity contribution < 1.29 is 22.7 Å². The number of hydrogen-bond acceptors (Lipinski definition) is 6. The van der Waals surface area contributed by atoms with E-state index < -0.39 is 22.5 Å². The topological polar surface area (TPSA) is 117 Å². The number of rotatable bonds is 11. The number of carbonyl (C=O) groups is 2. The average molecular weight is 571 g/mol. The number of hydrazone groups is 1. The van der Waals surface area contributed by atoms with Crippen LogP contribution >= 0.6 is 0 Å². The van der Waals surface area contributed by atoms with Gasteiger partial charge in [-0.25, -0.2) is 13.8 Å². The first-order valence-corrected chi connectivity index (χ1v) is 14.3. The molecule has 0 radical (unpaired) electrons. The van der Waals surface area contributed by atoms with Crippen LogP contribution in [0, 0.1) is 0 Å². The van der Waals surface area contributed by atoms with Gasteiger partial charge < -0.3 is 10.1 Å². The van der Waals surface area contributed by atoms with Gasteiger partial charge in [0.25, 0.3) is 21.8 Å². The van der Waals surface area contributed by atoms with Gasteiger partial charge >= 0.3 is 0 Å². The van der Waals surface area contributed by atoms with Gasteiger partial charge in [0.05, 0.1) is 22.9 Å². The lowest BCUT2D eigenvalue weighted by Crippen LogP contribution is -2.39. The average Bonchev–Trinajstić information content (AvgIpc) is 3.00. The molecule has 0 aliphatic rings. The maximum Gasteiger partial charge on any atom is 0.264 e. The number of sulfonamides is 1. The summed E-state index contributed by atoms with van der Waals surface area (Å²) >= 11 is 0. The van der Waals surface area contributed by atoms with E-state index in [0.717, 1.165) is 4.31 Å². The summed E-state index contributed by atoms with van der Waals surface area (Å²) in [5, 5.41) is 7.02. The molecule has 4 aromatic rings. The van der Waals surface area contributed by atoms with Crippen LogP contribution in [0.4, 0.5) is 11.4 Å². The van der Waals surface area contributed by atoms with Crippen LogP contribution in [0.25, 0.3) is 0 Å². The van der Waals surface area contributed by atoms with Crippen molar-refractivity contribution in [1.29, 1.82) is 0 Å². The molecule has 0 heterocycles. The standard InChI is InChI=1S/C31H30N4O5S/c1-3-40-28-19-17-27(18-20-28)35(41(38,39)29-15-8-5-9-16-29)22-30(36)34-33-23(2)25-13-10-14-26(21-25)32-31(37)24-11-6-4-7-12-24/h4-21H,3,22H2,1-2H3,(H,32,37)(H,34,36)/b33-23-. The monoisotopic (exact) mass is 570 g/mol. The van der Waals surface area contributed by atoms with Gasteiger partial charge in [0.1, 0.15) is 12.3 Å². The molecule has 0 spiro atoms. The number of amides is 2. The third-order valence-corrected chi connectivity index (χ3v) is 7.76. The second-order valence-corrected chi connectivity index (χ2v) is 10.7. The van der Waals surface area contributed by atoms with Gasteiger partial charge in [0.2, 0.25) is 0 Å². The zero-order chi connectivity index (χ0) is 29.2. The van der Waals surface area contributed by atoms with Crippen molar-refractivity contribution in [2.75, 3.05) is 22.8 Å². The first-order valence-electron chi connectivity index (χ1n) is 12.9. The fourth-order valence-corrected chi connectivity index (χ4v) is 5.34. The molecule has 2 N–H and O–H groups in total. The molecular formula is C31H30N4O5S. The summed E-state index contributed by atoms with van der Waals surface area (Å²) in [4.78, 5) is 25.5. The van der Waals surface area contributed by atoms with Crippen molar-refractivity contribution in [3.05, 3.63) is 120 Å². The van der Waals surface area contributed by atoms with E-state index in [0.29, 0.717) is 40.6 Å². The van der Waals surface area contributed by atoms with E-state index in [4.69, 9.17) is 4.74 Å². The number of hydrogen-bond donors (Lipinski definition) is 2. The van der Waals surface area contributed by atoms with Crippen molar-refractivity contribution in [1.82, 2.24) is 5.43 Å². The van der Waals surface area contributed by atoms with Crippen LogP contribution in [0.5, 0.6) is 5.75 Å². The largest absolute Gasteiger partial charge is 0.494 e. The maximum atomic E-state index is 13.5. The minimum atomic E-state index is -4.06. The zero-order valence-electron chi connectivity index (χ0n) is 22.7. The number of anilines is 2. The number of nitrogens with one attached hydrogen (secondary N) is 2. The molecule has 0 fully saturated rings. The quantitative estimate of drug-likeness (QED) is 0.193. The van der Waals surface area contributed by atoms with Crippen molar-refractivity contribution in [3.63, 3.8) is 0 Å². The summed E-state index contributed by atoms with van der Waals surface area (Å²) in [6.45, 7) is 3.51. The Morgan fingerprint density at radius 1 is 0.829 bits per heavy atom. The molecule has 4 rings (SSSR count). The summed E-state index contributed by atoms with van der Waals surface area (Å²) in [5.74, 6) is -0.300. The maximum absolute atomic E-state index is 13.5. The molecule has 41 heavy (non-hydrogen) atoms. The van der Waals surface area contributed by atoms with E-state index in [9.17, 15) is 18.0 Å². The van der Waals surface area contributed by atoms with Gasteiger partial charge in [-0.1, -0.05) is 48.5 Å². The Bertz CT molecular complexity index is 1620. The molecule has 210 valence electrons. The Labute approximate surface area is 239 Å². The second-order valence-electron chi connectivity index (χ2n) is 8.88. The highest BCUT2D eigenvalue weighted by atomic mass is 32.2. The first kappa shape index (κ1) is 29.0. The van der Waals surface area contributed by atoms with Crippen molar-refractivity contribution in [2.24, 2.45) is 5.10 Å². The van der Waals surface area contributed by atoms with Crippen LogP contribution in [0.2, 0.25) is 0 Å². The van der Waals surface area contributed by atoms with Gasteiger partial charge in [-0.3, -0.25) is 13.9 Å². The van der Waals surface area contributed by atoms with E-state index in [1.165, 1.54) is 12.1 Å². The predicted octanol–water partition coefficient (Wildman–Crippen LogP) is 5.07. The van der Waals surface area contributed by atoms with Crippen LogP contribution in [-0.2, 0) is 14.8 Å². The summed E-state index contributed by atoms with van der Waals surface area (Å²) in [5.41, 5.74) is 4.97. The van der Waals surface area contributed by atoms with Crippen molar-refractivity contribution in [3.8, 4) is 5.75 Å². The molecule has 0 aliphatic heterocycles. The predicted molar refractivity (Wildman–Crippen MR) is 160 cm³/mol. The minimum absolute atomic E-state index is 0.0516. The smallest absolute Gasteiger partial charge is 0.264 e. The van der Waals surface area contributed by atoms with Gasteiger partial charge in [0, 0.05) is 11.3 Å². The van der Waals surface area contributed by atoms with Crippen LogP contribution in [0.3, 0.4) is 0 Å². The normalized spacial score (nSPS) is 11.4. The Morgan fingerprint density at radius 2 is 1.46 bits per heavy atom. The first-order chi connectivity index (χ1) is 19.8. The Balaban J connectivity index is 1.50. The zero-order valence-corrected chi connectivity index (χ0v) is 23.5. The van der Waals surface area contributed by atoms with Gasteiger partial charge in [0.15, 0.2) is 0 Å². The Kier molecular flexibility index (Phi) is 9.49. The van der Waals surface area contributed by atoms with Gasteiger partial charge in [-0.05, 0) is 80.1 Å². The van der Waals surface area contributed by atoms with E-state index in [-0.39, 0.29) is 10.8 Å². The molecule has 4 aromatic carbocycles. The molecule has 10 heteroatoms. The number of carbonyl (C=O) groups excluding carboxylic acids is 2. The van der Waals surface area contributed by atoms with Crippen molar-refractivity contribution >= 4 is 38.9 Å². The molecule has 0 aliphatic carbocycles. The summed E-state index contributed by atoms with van der Waals surface area (Å²) in [7, 11) is -4.06. The van der Waals surface area contributed by atoms with Crippen LogP contribution < -0.4 is 19.8 Å². The molecule has 0 atom stereocenters. The van der Waals surface area contributed by atoms with Crippen molar-refractivity contribution in [2.45, 2.75) is 18.7 Å². The lowest BCUT2D eigenvalue weighted by Gasteiger charge is -2.24. The SMILES string of the molecule is CCOc1ccc(N(CC(=O)N/N=C(/C)c2cccc(NC(=O)c3ccccc3)c2)S(=O)(=O)c2ccccc2)cc1. The van der Waals surface area contributed by atoms with E-state index in [1.807, 2.05) is 13.0 Å². The molecule has 0 bridgehead atoms.